The topological polar surface area (TPSA) is 41.4 Å². The maximum absolute atomic E-state index is 12.3. The van der Waals surface area contributed by atoms with E-state index in [1.807, 2.05) is 47.0 Å². The minimum Gasteiger partial charge on any atom is -0.337 e. The van der Waals surface area contributed by atoms with Crippen LogP contribution in [0.5, 0.6) is 0 Å². The summed E-state index contributed by atoms with van der Waals surface area (Å²) in [7, 11) is 0. The number of rotatable bonds is 5. The summed E-state index contributed by atoms with van der Waals surface area (Å²) >= 11 is 6.04. The predicted molar refractivity (Wildman–Crippen MR) is 100 cm³/mol. The molecule has 1 aromatic carbocycles. The van der Waals surface area contributed by atoms with Gasteiger partial charge in [-0.2, -0.15) is 5.10 Å². The Balaban J connectivity index is 1.48. The molecule has 25 heavy (non-hydrogen) atoms. The van der Waals surface area contributed by atoms with Crippen LogP contribution in [0.4, 0.5) is 0 Å². The van der Waals surface area contributed by atoms with Gasteiger partial charge < -0.3 is 4.90 Å². The first kappa shape index (κ1) is 17.7. The zero-order chi connectivity index (χ0) is 17.6. The van der Waals surface area contributed by atoms with Gasteiger partial charge in [0, 0.05) is 62.1 Å². The Bertz CT molecular complexity index is 747. The SMILES string of the molecule is CCn1cc(/C=C/C(=O)N2CCN(Cc3cccc(Cl)c3)CC2)cn1. The number of benzene rings is 1. The molecule has 1 amide bonds. The highest BCUT2D eigenvalue weighted by Gasteiger charge is 2.19. The average molecular weight is 359 g/mol. The van der Waals surface area contributed by atoms with Crippen molar-refractivity contribution >= 4 is 23.6 Å². The molecule has 1 aromatic heterocycles. The molecule has 132 valence electrons. The Morgan fingerprint density at radius 2 is 2.08 bits per heavy atom. The Hall–Kier alpha value is -2.11. The molecule has 1 fully saturated rings. The van der Waals surface area contributed by atoms with E-state index in [9.17, 15) is 4.79 Å². The van der Waals surface area contributed by atoms with Crippen LogP contribution in [0.3, 0.4) is 0 Å². The monoisotopic (exact) mass is 358 g/mol. The van der Waals surface area contributed by atoms with E-state index in [1.165, 1.54) is 5.56 Å². The molecule has 0 bridgehead atoms. The first-order valence-electron chi connectivity index (χ1n) is 8.60. The lowest BCUT2D eigenvalue weighted by molar-refractivity contribution is -0.127. The molecule has 0 atom stereocenters. The van der Waals surface area contributed by atoms with Crippen molar-refractivity contribution in [2.45, 2.75) is 20.0 Å². The van der Waals surface area contributed by atoms with Crippen molar-refractivity contribution in [3.8, 4) is 0 Å². The Morgan fingerprint density at radius 1 is 1.28 bits per heavy atom. The van der Waals surface area contributed by atoms with Crippen molar-refractivity contribution in [1.82, 2.24) is 19.6 Å². The number of carbonyl (C=O) groups excluding carboxylic acids is 1. The van der Waals surface area contributed by atoms with Gasteiger partial charge in [0.1, 0.15) is 0 Å². The predicted octanol–water partition coefficient (Wildman–Crippen LogP) is 2.91. The van der Waals surface area contributed by atoms with Crippen LogP contribution in [0.25, 0.3) is 6.08 Å². The second-order valence-corrected chi connectivity index (χ2v) is 6.63. The highest BCUT2D eigenvalue weighted by molar-refractivity contribution is 6.30. The summed E-state index contributed by atoms with van der Waals surface area (Å²) in [6, 6.07) is 7.95. The number of piperazine rings is 1. The van der Waals surface area contributed by atoms with Gasteiger partial charge in [-0.3, -0.25) is 14.4 Å². The zero-order valence-electron chi connectivity index (χ0n) is 14.4. The van der Waals surface area contributed by atoms with Crippen molar-refractivity contribution in [3.05, 3.63) is 58.9 Å². The molecule has 1 aliphatic heterocycles. The van der Waals surface area contributed by atoms with Crippen LogP contribution in [-0.2, 0) is 17.9 Å². The number of halogens is 1. The lowest BCUT2D eigenvalue weighted by atomic mass is 10.2. The van der Waals surface area contributed by atoms with E-state index in [0.29, 0.717) is 0 Å². The lowest BCUT2D eigenvalue weighted by Gasteiger charge is -2.34. The number of aryl methyl sites for hydroxylation is 1. The molecule has 1 aliphatic rings. The van der Waals surface area contributed by atoms with Crippen LogP contribution >= 0.6 is 11.6 Å². The van der Waals surface area contributed by atoms with Crippen molar-refractivity contribution in [3.63, 3.8) is 0 Å². The molecule has 0 saturated carbocycles. The van der Waals surface area contributed by atoms with Gasteiger partial charge in [-0.05, 0) is 30.7 Å². The molecule has 0 unspecified atom stereocenters. The third-order valence-electron chi connectivity index (χ3n) is 4.37. The van der Waals surface area contributed by atoms with Crippen LogP contribution in [0, 0.1) is 0 Å². The fourth-order valence-electron chi connectivity index (χ4n) is 2.93. The van der Waals surface area contributed by atoms with Crippen LogP contribution in [0.2, 0.25) is 5.02 Å². The molecule has 3 rings (SSSR count). The summed E-state index contributed by atoms with van der Waals surface area (Å²) in [4.78, 5) is 16.6. The largest absolute Gasteiger partial charge is 0.337 e. The Labute approximate surface area is 153 Å². The van der Waals surface area contributed by atoms with Gasteiger partial charge in [-0.25, -0.2) is 0 Å². The number of amides is 1. The highest BCUT2D eigenvalue weighted by Crippen LogP contribution is 2.14. The van der Waals surface area contributed by atoms with Gasteiger partial charge in [0.05, 0.1) is 6.20 Å². The third kappa shape index (κ3) is 4.94. The number of carbonyl (C=O) groups is 1. The maximum atomic E-state index is 12.3. The number of aromatic nitrogens is 2. The van der Waals surface area contributed by atoms with Crippen LogP contribution in [0.1, 0.15) is 18.1 Å². The summed E-state index contributed by atoms with van der Waals surface area (Å²) in [6.45, 7) is 6.98. The molecule has 0 aliphatic carbocycles. The summed E-state index contributed by atoms with van der Waals surface area (Å²) in [5, 5.41) is 4.97. The molecule has 5 nitrogen and oxygen atoms in total. The fraction of sp³-hybridized carbons (Fsp3) is 0.368. The third-order valence-corrected chi connectivity index (χ3v) is 4.61. The van der Waals surface area contributed by atoms with E-state index in [0.717, 1.165) is 49.9 Å². The molecule has 0 N–H and O–H groups in total. The van der Waals surface area contributed by atoms with E-state index in [1.54, 1.807) is 12.3 Å². The van der Waals surface area contributed by atoms with E-state index < -0.39 is 0 Å². The van der Waals surface area contributed by atoms with Gasteiger partial charge in [0.15, 0.2) is 0 Å². The second-order valence-electron chi connectivity index (χ2n) is 6.19. The smallest absolute Gasteiger partial charge is 0.246 e. The van der Waals surface area contributed by atoms with Crippen molar-refractivity contribution < 1.29 is 4.79 Å². The number of hydrogen-bond acceptors (Lipinski definition) is 3. The van der Waals surface area contributed by atoms with E-state index in [2.05, 4.69) is 16.1 Å². The Kier molecular flexibility index (Phi) is 5.89. The first-order chi connectivity index (χ1) is 12.1. The number of hydrogen-bond donors (Lipinski definition) is 0. The van der Waals surface area contributed by atoms with E-state index in [-0.39, 0.29) is 5.91 Å². The van der Waals surface area contributed by atoms with Gasteiger partial charge in [-0.1, -0.05) is 23.7 Å². The summed E-state index contributed by atoms with van der Waals surface area (Å²) in [5.41, 5.74) is 2.16. The van der Waals surface area contributed by atoms with Crippen molar-refractivity contribution in [2.24, 2.45) is 0 Å². The average Bonchev–Trinajstić information content (AvgIpc) is 3.08. The Morgan fingerprint density at radius 3 is 2.76 bits per heavy atom. The van der Waals surface area contributed by atoms with Gasteiger partial charge in [0.25, 0.3) is 0 Å². The minimum absolute atomic E-state index is 0.0617. The zero-order valence-corrected chi connectivity index (χ0v) is 15.2. The molecular formula is C19H23ClN4O. The minimum atomic E-state index is 0.0617. The first-order valence-corrected chi connectivity index (χ1v) is 8.98. The molecule has 0 spiro atoms. The molecule has 2 aromatic rings. The van der Waals surface area contributed by atoms with Crippen LogP contribution in [0.15, 0.2) is 42.7 Å². The second kappa shape index (κ2) is 8.32. The van der Waals surface area contributed by atoms with Gasteiger partial charge >= 0.3 is 0 Å². The number of nitrogens with zero attached hydrogens (tertiary/aromatic N) is 4. The molecule has 6 heteroatoms. The highest BCUT2D eigenvalue weighted by atomic mass is 35.5. The van der Waals surface area contributed by atoms with Gasteiger partial charge in [-0.15, -0.1) is 0 Å². The molecular weight excluding hydrogens is 336 g/mol. The fourth-order valence-corrected chi connectivity index (χ4v) is 3.14. The standard InChI is InChI=1S/C19H23ClN4O/c1-2-24-15-17(13-21-24)6-7-19(25)23-10-8-22(9-11-23)14-16-4-3-5-18(20)12-16/h3-7,12-13,15H,2,8-11,14H2,1H3/b7-6+. The molecule has 0 radical (unpaired) electrons. The lowest BCUT2D eigenvalue weighted by Crippen LogP contribution is -2.47. The quantitative estimate of drug-likeness (QED) is 0.772. The summed E-state index contributed by atoms with van der Waals surface area (Å²) in [6.07, 6.45) is 7.19. The van der Waals surface area contributed by atoms with Crippen molar-refractivity contribution in [2.75, 3.05) is 26.2 Å². The van der Waals surface area contributed by atoms with Gasteiger partial charge in [0.2, 0.25) is 5.91 Å². The van der Waals surface area contributed by atoms with Crippen LogP contribution < -0.4 is 0 Å². The van der Waals surface area contributed by atoms with E-state index in [4.69, 9.17) is 11.6 Å². The van der Waals surface area contributed by atoms with E-state index >= 15 is 0 Å². The summed E-state index contributed by atoms with van der Waals surface area (Å²) in [5.74, 6) is 0.0617. The normalized spacial score (nSPS) is 15.8. The maximum Gasteiger partial charge on any atom is 0.246 e. The molecule has 1 saturated heterocycles. The molecule has 2 heterocycles. The summed E-state index contributed by atoms with van der Waals surface area (Å²) < 4.78 is 1.85. The van der Waals surface area contributed by atoms with Crippen molar-refractivity contribution in [1.29, 1.82) is 0 Å². The van der Waals surface area contributed by atoms with Crippen LogP contribution in [-0.4, -0.2) is 51.7 Å².